The SMILES string of the molecule is CCCCC1COc2csc(-c3s[c]([SnH])c4c3OC(CCCC)C(CCCC)O4)c2O1. The molecule has 0 saturated heterocycles. The van der Waals surface area contributed by atoms with E-state index in [0.717, 1.165) is 76.1 Å². The molecule has 2 aliphatic heterocycles. The van der Waals surface area contributed by atoms with Gasteiger partial charge in [-0.25, -0.2) is 0 Å². The van der Waals surface area contributed by atoms with Gasteiger partial charge in [0.15, 0.2) is 0 Å². The number of unbranched alkanes of at least 4 members (excludes halogenated alkanes) is 3. The molecule has 0 bridgehead atoms. The Kier molecular flexibility index (Phi) is 8.37. The van der Waals surface area contributed by atoms with Gasteiger partial charge in [-0.3, -0.25) is 0 Å². The van der Waals surface area contributed by atoms with Gasteiger partial charge >= 0.3 is 209 Å². The fourth-order valence-electron chi connectivity index (χ4n) is 4.20. The molecule has 4 heterocycles. The van der Waals surface area contributed by atoms with Crippen molar-refractivity contribution in [3.63, 3.8) is 0 Å². The predicted molar refractivity (Wildman–Crippen MR) is 132 cm³/mol. The van der Waals surface area contributed by atoms with Gasteiger partial charge in [-0.1, -0.05) is 0 Å². The van der Waals surface area contributed by atoms with Crippen molar-refractivity contribution in [2.24, 2.45) is 0 Å². The summed E-state index contributed by atoms with van der Waals surface area (Å²) in [6, 6.07) is 0. The van der Waals surface area contributed by atoms with Crippen molar-refractivity contribution in [3.05, 3.63) is 5.38 Å². The van der Waals surface area contributed by atoms with Crippen LogP contribution in [0.3, 0.4) is 0 Å². The summed E-state index contributed by atoms with van der Waals surface area (Å²) in [7, 11) is 0. The van der Waals surface area contributed by atoms with Crippen LogP contribution in [0.15, 0.2) is 5.38 Å². The fourth-order valence-corrected chi connectivity index (χ4v) is 7.77. The van der Waals surface area contributed by atoms with Gasteiger partial charge in [-0.05, 0) is 0 Å². The third-order valence-corrected chi connectivity index (χ3v) is 9.84. The number of thiophene rings is 2. The van der Waals surface area contributed by atoms with Crippen LogP contribution in [0.2, 0.25) is 0 Å². The molecule has 3 atom stereocenters. The number of fused-ring (bicyclic) bond motifs is 2. The molecule has 0 saturated carbocycles. The first-order valence-electron chi connectivity index (χ1n) is 11.8. The van der Waals surface area contributed by atoms with E-state index in [9.17, 15) is 0 Å². The molecule has 0 aliphatic carbocycles. The van der Waals surface area contributed by atoms with Gasteiger partial charge in [0.1, 0.15) is 0 Å². The van der Waals surface area contributed by atoms with Crippen LogP contribution in [0, 0.1) is 0 Å². The van der Waals surface area contributed by atoms with Crippen molar-refractivity contribution in [2.45, 2.75) is 96.9 Å². The topological polar surface area (TPSA) is 36.9 Å². The minimum absolute atomic E-state index is 0.137. The van der Waals surface area contributed by atoms with Crippen LogP contribution in [0.1, 0.15) is 78.6 Å². The number of hydrogen-bond donors (Lipinski definition) is 0. The maximum atomic E-state index is 6.72. The van der Waals surface area contributed by atoms with E-state index in [1.54, 1.807) is 11.3 Å². The van der Waals surface area contributed by atoms with Gasteiger partial charge in [0.2, 0.25) is 0 Å². The van der Waals surface area contributed by atoms with Crippen LogP contribution in [0.4, 0.5) is 0 Å². The van der Waals surface area contributed by atoms with Gasteiger partial charge in [-0.15, -0.1) is 0 Å². The van der Waals surface area contributed by atoms with E-state index in [2.05, 4.69) is 26.2 Å². The summed E-state index contributed by atoms with van der Waals surface area (Å²) in [6.07, 6.45) is 10.7. The van der Waals surface area contributed by atoms with Crippen LogP contribution in [-0.2, 0) is 0 Å². The van der Waals surface area contributed by atoms with Gasteiger partial charge in [-0.2, -0.15) is 0 Å². The molecule has 7 heteroatoms. The molecule has 2 aromatic rings. The molecule has 0 spiro atoms. The molecule has 2 radical (unpaired) electrons. The summed E-state index contributed by atoms with van der Waals surface area (Å²) < 4.78 is 27.1. The molecule has 31 heavy (non-hydrogen) atoms. The Morgan fingerprint density at radius 3 is 2.16 bits per heavy atom. The van der Waals surface area contributed by atoms with Crippen LogP contribution in [0.25, 0.3) is 9.75 Å². The average molecular weight is 569 g/mol. The van der Waals surface area contributed by atoms with E-state index < -0.39 is 0 Å². The summed E-state index contributed by atoms with van der Waals surface area (Å²) in [5, 5.41) is 2.08. The molecular weight excluding hydrogens is 535 g/mol. The van der Waals surface area contributed by atoms with E-state index in [1.807, 2.05) is 11.3 Å². The standard InChI is InChI=1S/C24H33O4S2.Sn.H/c1-4-7-10-16-13-25-19-14-29-23(21(19)26-16)24-22-20(15-30-24)27-17(11-8-5-2)18(28-22)12-9-6-3;;/h14,16-18H,4-13H2,1-3H3;;. The molecule has 0 aromatic carbocycles. The van der Waals surface area contributed by atoms with E-state index in [0.29, 0.717) is 6.61 Å². The van der Waals surface area contributed by atoms with E-state index in [1.165, 1.54) is 39.9 Å². The quantitative estimate of drug-likeness (QED) is 0.319. The van der Waals surface area contributed by atoms with Crippen LogP contribution in [-0.4, -0.2) is 47.4 Å². The fraction of sp³-hybridized carbons (Fsp3) is 0.667. The van der Waals surface area contributed by atoms with Gasteiger partial charge in [0.25, 0.3) is 0 Å². The average Bonchev–Trinajstić information content (AvgIpc) is 3.34. The van der Waals surface area contributed by atoms with Crippen molar-refractivity contribution in [1.82, 2.24) is 0 Å². The minimum atomic E-state index is 0.137. The Hall–Kier alpha value is -0.601. The van der Waals surface area contributed by atoms with Crippen molar-refractivity contribution in [3.8, 4) is 32.8 Å². The number of ether oxygens (including phenoxy) is 4. The van der Waals surface area contributed by atoms with Crippen molar-refractivity contribution >= 4 is 48.1 Å². The van der Waals surface area contributed by atoms with Crippen LogP contribution >= 0.6 is 22.7 Å². The predicted octanol–water partition coefficient (Wildman–Crippen LogP) is 6.22. The summed E-state index contributed by atoms with van der Waals surface area (Å²) in [4.78, 5) is 2.31. The first-order chi connectivity index (χ1) is 15.2. The van der Waals surface area contributed by atoms with Crippen molar-refractivity contribution in [2.75, 3.05) is 6.61 Å². The zero-order chi connectivity index (χ0) is 21.8. The Bertz CT molecular complexity index is 862. The molecule has 0 N–H and O–H groups in total. The van der Waals surface area contributed by atoms with E-state index >= 15 is 0 Å². The summed E-state index contributed by atoms with van der Waals surface area (Å²) in [6.45, 7) is 7.35. The second-order valence-corrected chi connectivity index (χ2v) is 13.3. The molecule has 2 aliphatic rings. The first-order valence-corrected chi connectivity index (χ1v) is 15.2. The second-order valence-electron chi connectivity index (χ2n) is 8.50. The molecule has 170 valence electrons. The van der Waals surface area contributed by atoms with E-state index in [-0.39, 0.29) is 18.3 Å². The van der Waals surface area contributed by atoms with Crippen molar-refractivity contribution in [1.29, 1.82) is 0 Å². The monoisotopic (exact) mass is 570 g/mol. The Morgan fingerprint density at radius 2 is 1.48 bits per heavy atom. The van der Waals surface area contributed by atoms with Gasteiger partial charge in [0, 0.05) is 0 Å². The molecule has 0 amide bonds. The Morgan fingerprint density at radius 1 is 0.839 bits per heavy atom. The third kappa shape index (κ3) is 5.16. The molecule has 4 nitrogen and oxygen atoms in total. The maximum absolute atomic E-state index is 6.72. The summed E-state index contributed by atoms with van der Waals surface area (Å²) >= 11 is 4.54. The zero-order valence-corrected chi connectivity index (χ0v) is 23.8. The second kappa shape index (κ2) is 11.0. The zero-order valence-electron chi connectivity index (χ0n) is 18.9. The van der Waals surface area contributed by atoms with E-state index in [4.69, 9.17) is 18.9 Å². The van der Waals surface area contributed by atoms with Crippen LogP contribution in [0.5, 0.6) is 23.0 Å². The molecular formula is C24H34O4S2Sn. The third-order valence-electron chi connectivity index (χ3n) is 5.99. The Labute approximate surface area is 207 Å². The summed E-state index contributed by atoms with van der Waals surface area (Å²) in [5.41, 5.74) is 0. The number of rotatable bonds is 10. The van der Waals surface area contributed by atoms with Crippen LogP contribution < -0.4 is 21.8 Å². The normalized spacial score (nSPS) is 22.0. The number of hydrogen-bond acceptors (Lipinski definition) is 6. The molecule has 2 aromatic heterocycles. The summed E-state index contributed by atoms with van der Waals surface area (Å²) in [5.74, 6) is 3.73. The Balaban J connectivity index is 1.62. The molecule has 0 fully saturated rings. The van der Waals surface area contributed by atoms with Crippen molar-refractivity contribution < 1.29 is 18.9 Å². The van der Waals surface area contributed by atoms with Gasteiger partial charge < -0.3 is 0 Å². The molecule has 3 unspecified atom stereocenters. The molecule has 4 rings (SSSR count). The first kappa shape index (κ1) is 23.6. The van der Waals surface area contributed by atoms with Gasteiger partial charge in [0.05, 0.1) is 0 Å².